The predicted octanol–water partition coefficient (Wildman–Crippen LogP) is 4.18. The van der Waals surface area contributed by atoms with E-state index in [0.717, 1.165) is 23.1 Å². The van der Waals surface area contributed by atoms with E-state index >= 15 is 0 Å². The molecular weight excluding hydrogens is 277 g/mol. The number of halogens is 3. The summed E-state index contributed by atoms with van der Waals surface area (Å²) < 4.78 is 39.9. The molecule has 1 aromatic rings. The van der Waals surface area contributed by atoms with Gasteiger partial charge in [0.25, 0.3) is 0 Å². The molecule has 21 heavy (non-hydrogen) atoms. The molecule has 0 heterocycles. The lowest BCUT2D eigenvalue weighted by atomic mass is 9.73. The van der Waals surface area contributed by atoms with Gasteiger partial charge in [0, 0.05) is 6.04 Å². The Morgan fingerprint density at radius 2 is 1.67 bits per heavy atom. The van der Waals surface area contributed by atoms with Crippen LogP contribution in [0.3, 0.4) is 0 Å². The molecule has 1 aromatic carbocycles. The monoisotopic (exact) mass is 300 g/mol. The second kappa shape index (κ2) is 6.36. The minimum absolute atomic E-state index is 0.206. The molecule has 5 heteroatoms. The highest BCUT2D eigenvalue weighted by Crippen LogP contribution is 2.46. The number of hydrogen-bond donors (Lipinski definition) is 2. The van der Waals surface area contributed by atoms with Crippen LogP contribution < -0.4 is 11.3 Å². The van der Waals surface area contributed by atoms with Crippen molar-refractivity contribution in [2.24, 2.45) is 17.7 Å². The van der Waals surface area contributed by atoms with Crippen molar-refractivity contribution in [3.8, 4) is 0 Å². The molecule has 0 radical (unpaired) electrons. The number of nitrogens with two attached hydrogens (primary N) is 1. The largest absolute Gasteiger partial charge is 0.392 e. The van der Waals surface area contributed by atoms with E-state index in [0.29, 0.717) is 12.8 Å². The second-order valence-corrected chi connectivity index (χ2v) is 6.16. The van der Waals surface area contributed by atoms with Crippen molar-refractivity contribution in [3.05, 3.63) is 34.9 Å². The number of hydrazine groups is 1. The third-order valence-corrected chi connectivity index (χ3v) is 4.45. The molecule has 1 aliphatic carbocycles. The summed E-state index contributed by atoms with van der Waals surface area (Å²) in [7, 11) is 0. The van der Waals surface area contributed by atoms with Gasteiger partial charge in [-0.05, 0) is 38.2 Å². The summed E-state index contributed by atoms with van der Waals surface area (Å²) in [6, 6.07) is 5.42. The Morgan fingerprint density at radius 1 is 1.10 bits per heavy atom. The van der Waals surface area contributed by atoms with Crippen LogP contribution in [0.2, 0.25) is 0 Å². The Balaban J connectivity index is 2.34. The number of rotatable bonds is 3. The lowest BCUT2D eigenvalue weighted by Crippen LogP contribution is -2.43. The van der Waals surface area contributed by atoms with Crippen LogP contribution in [-0.2, 0) is 0 Å². The van der Waals surface area contributed by atoms with Crippen LogP contribution in [0.4, 0.5) is 13.2 Å². The lowest BCUT2D eigenvalue weighted by Gasteiger charge is -2.38. The van der Waals surface area contributed by atoms with Gasteiger partial charge in [0.15, 0.2) is 0 Å². The zero-order valence-corrected chi connectivity index (χ0v) is 12.5. The van der Waals surface area contributed by atoms with E-state index in [9.17, 15) is 13.2 Å². The van der Waals surface area contributed by atoms with Crippen LogP contribution in [0.15, 0.2) is 18.2 Å². The molecule has 3 atom stereocenters. The van der Waals surface area contributed by atoms with Gasteiger partial charge < -0.3 is 0 Å². The molecule has 118 valence electrons. The van der Waals surface area contributed by atoms with Crippen LogP contribution in [0.5, 0.6) is 0 Å². The number of hydrogen-bond acceptors (Lipinski definition) is 2. The SMILES string of the molecule is Cc1cc(C)cc(C(NN)C2CCCCC2C(F)(F)F)c1. The fraction of sp³-hybridized carbons (Fsp3) is 0.625. The summed E-state index contributed by atoms with van der Waals surface area (Å²) >= 11 is 0. The fourth-order valence-electron chi connectivity index (χ4n) is 3.62. The summed E-state index contributed by atoms with van der Waals surface area (Å²) in [6.07, 6.45) is -1.91. The quantitative estimate of drug-likeness (QED) is 0.649. The van der Waals surface area contributed by atoms with Crippen LogP contribution in [0.1, 0.15) is 48.4 Å². The highest BCUT2D eigenvalue weighted by molar-refractivity contribution is 5.31. The number of alkyl halides is 3. The topological polar surface area (TPSA) is 38.0 Å². The zero-order chi connectivity index (χ0) is 15.6. The molecule has 1 fully saturated rings. The van der Waals surface area contributed by atoms with Crippen molar-refractivity contribution >= 4 is 0 Å². The maximum atomic E-state index is 13.3. The van der Waals surface area contributed by atoms with Crippen molar-refractivity contribution in [1.29, 1.82) is 0 Å². The molecular formula is C16H23F3N2. The smallest absolute Gasteiger partial charge is 0.271 e. The number of aryl methyl sites for hydroxylation is 2. The molecule has 1 aliphatic rings. The molecule has 0 saturated heterocycles. The van der Waals surface area contributed by atoms with Crippen LogP contribution in [0, 0.1) is 25.7 Å². The van der Waals surface area contributed by atoms with Crippen molar-refractivity contribution in [3.63, 3.8) is 0 Å². The van der Waals surface area contributed by atoms with Gasteiger partial charge in [-0.15, -0.1) is 0 Å². The predicted molar refractivity (Wildman–Crippen MR) is 77.5 cm³/mol. The van der Waals surface area contributed by atoms with Crippen LogP contribution in [0.25, 0.3) is 0 Å². The van der Waals surface area contributed by atoms with Crippen molar-refractivity contribution in [2.45, 2.75) is 51.7 Å². The van der Waals surface area contributed by atoms with Gasteiger partial charge in [-0.2, -0.15) is 13.2 Å². The van der Waals surface area contributed by atoms with Crippen LogP contribution >= 0.6 is 0 Å². The average molecular weight is 300 g/mol. The lowest BCUT2D eigenvalue weighted by molar-refractivity contribution is -0.199. The molecule has 0 amide bonds. The molecule has 1 saturated carbocycles. The van der Waals surface area contributed by atoms with Crippen molar-refractivity contribution in [1.82, 2.24) is 5.43 Å². The Labute approximate surface area is 123 Å². The summed E-state index contributed by atoms with van der Waals surface area (Å²) in [4.78, 5) is 0. The molecule has 0 spiro atoms. The normalized spacial score (nSPS) is 24.9. The van der Waals surface area contributed by atoms with E-state index in [1.165, 1.54) is 0 Å². The summed E-state index contributed by atoms with van der Waals surface area (Å²) in [6.45, 7) is 3.90. The average Bonchev–Trinajstić information content (AvgIpc) is 2.38. The third kappa shape index (κ3) is 3.77. The maximum Gasteiger partial charge on any atom is 0.392 e. The highest BCUT2D eigenvalue weighted by Gasteiger charge is 2.48. The number of benzene rings is 1. The van der Waals surface area contributed by atoms with Gasteiger partial charge in [0.1, 0.15) is 0 Å². The minimum Gasteiger partial charge on any atom is -0.271 e. The summed E-state index contributed by atoms with van der Waals surface area (Å²) in [5.41, 5.74) is 5.59. The van der Waals surface area contributed by atoms with Gasteiger partial charge in [-0.1, -0.05) is 42.2 Å². The van der Waals surface area contributed by atoms with E-state index < -0.39 is 24.1 Å². The van der Waals surface area contributed by atoms with E-state index in [2.05, 4.69) is 5.43 Å². The number of nitrogens with one attached hydrogen (secondary N) is 1. The Morgan fingerprint density at radius 3 is 2.19 bits per heavy atom. The van der Waals surface area contributed by atoms with Gasteiger partial charge in [0.05, 0.1) is 5.92 Å². The molecule has 2 nitrogen and oxygen atoms in total. The first-order valence-corrected chi connectivity index (χ1v) is 7.44. The Bertz CT molecular complexity index is 465. The van der Waals surface area contributed by atoms with Gasteiger partial charge in [0.2, 0.25) is 0 Å². The Kier molecular flexibility index (Phi) is 4.94. The Hall–Kier alpha value is -1.07. The molecule has 0 aromatic heterocycles. The highest BCUT2D eigenvalue weighted by atomic mass is 19.4. The zero-order valence-electron chi connectivity index (χ0n) is 12.5. The standard InChI is InChI=1S/C16H23F3N2/c1-10-7-11(2)9-12(8-10)15(21-20)13-5-3-4-6-14(13)16(17,18)19/h7-9,13-15,21H,3-6,20H2,1-2H3. The first-order chi connectivity index (χ1) is 9.82. The van der Waals surface area contributed by atoms with Crippen molar-refractivity contribution < 1.29 is 13.2 Å². The second-order valence-electron chi connectivity index (χ2n) is 6.16. The van der Waals surface area contributed by atoms with E-state index in [1.54, 1.807) is 0 Å². The van der Waals surface area contributed by atoms with Gasteiger partial charge in [-0.3, -0.25) is 11.3 Å². The fourth-order valence-corrected chi connectivity index (χ4v) is 3.62. The molecule has 0 bridgehead atoms. The van der Waals surface area contributed by atoms with E-state index in [-0.39, 0.29) is 6.42 Å². The summed E-state index contributed by atoms with van der Waals surface area (Å²) in [5.74, 6) is 3.86. The summed E-state index contributed by atoms with van der Waals surface area (Å²) in [5, 5.41) is 0. The first-order valence-electron chi connectivity index (χ1n) is 7.44. The van der Waals surface area contributed by atoms with Crippen LogP contribution in [-0.4, -0.2) is 6.18 Å². The third-order valence-electron chi connectivity index (χ3n) is 4.45. The molecule has 3 N–H and O–H groups in total. The molecule has 3 unspecified atom stereocenters. The van der Waals surface area contributed by atoms with E-state index in [1.807, 2.05) is 32.0 Å². The molecule has 0 aliphatic heterocycles. The molecule has 2 rings (SSSR count). The minimum atomic E-state index is -4.15. The van der Waals surface area contributed by atoms with Gasteiger partial charge in [-0.25, -0.2) is 0 Å². The van der Waals surface area contributed by atoms with Crippen molar-refractivity contribution in [2.75, 3.05) is 0 Å². The first kappa shape index (κ1) is 16.3. The van der Waals surface area contributed by atoms with Gasteiger partial charge >= 0.3 is 6.18 Å². The van der Waals surface area contributed by atoms with E-state index in [4.69, 9.17) is 5.84 Å². The maximum absolute atomic E-state index is 13.3.